The first-order valence-electron chi connectivity index (χ1n) is 19.5. The summed E-state index contributed by atoms with van der Waals surface area (Å²) in [6, 6.07) is 74.5. The zero-order valence-corrected chi connectivity index (χ0v) is 30.9. The number of hydrogen-bond donors (Lipinski definition) is 0. The smallest absolute Gasteiger partial charge is 0.137 e. The predicted octanol–water partition coefficient (Wildman–Crippen LogP) is 14.8. The summed E-state index contributed by atoms with van der Waals surface area (Å²) in [6.45, 7) is 0. The Morgan fingerprint density at radius 3 is 1.65 bits per heavy atom. The number of rotatable bonds is 5. The molecule has 0 aliphatic carbocycles. The van der Waals surface area contributed by atoms with E-state index in [1.54, 1.807) is 0 Å². The van der Waals surface area contributed by atoms with Crippen molar-refractivity contribution < 1.29 is 4.42 Å². The summed E-state index contributed by atoms with van der Waals surface area (Å²) in [7, 11) is 0. The van der Waals surface area contributed by atoms with Crippen molar-refractivity contribution >= 4 is 65.6 Å². The third-order valence-corrected chi connectivity index (χ3v) is 11.7. The second-order valence-corrected chi connectivity index (χ2v) is 14.9. The van der Waals surface area contributed by atoms with E-state index in [2.05, 4.69) is 203 Å². The third kappa shape index (κ3) is 4.92. The van der Waals surface area contributed by atoms with Gasteiger partial charge in [-0.2, -0.15) is 0 Å². The maximum absolute atomic E-state index is 6.41. The van der Waals surface area contributed by atoms with Crippen molar-refractivity contribution in [2.24, 2.45) is 0 Å². The van der Waals surface area contributed by atoms with Gasteiger partial charge in [0, 0.05) is 55.3 Å². The summed E-state index contributed by atoms with van der Waals surface area (Å²) in [4.78, 5) is 0. The lowest BCUT2D eigenvalue weighted by Crippen LogP contribution is -1.95. The molecule has 0 radical (unpaired) electrons. The predicted molar refractivity (Wildman–Crippen MR) is 239 cm³/mol. The molecule has 266 valence electrons. The average molecular weight is 727 g/mol. The first-order valence-corrected chi connectivity index (χ1v) is 19.5. The van der Waals surface area contributed by atoms with E-state index in [0.717, 1.165) is 38.8 Å². The molecule has 0 saturated heterocycles. The van der Waals surface area contributed by atoms with Gasteiger partial charge < -0.3 is 13.6 Å². The Hall–Kier alpha value is -7.62. The number of aromatic nitrogens is 2. The lowest BCUT2D eigenvalue weighted by Gasteiger charge is -2.12. The summed E-state index contributed by atoms with van der Waals surface area (Å²) < 4.78 is 11.2. The monoisotopic (exact) mass is 726 g/mol. The van der Waals surface area contributed by atoms with E-state index >= 15 is 0 Å². The number of hydrogen-bond acceptors (Lipinski definition) is 1. The number of benzene rings is 9. The Kier molecular flexibility index (Phi) is 6.93. The van der Waals surface area contributed by atoms with Crippen molar-refractivity contribution in [2.45, 2.75) is 0 Å². The van der Waals surface area contributed by atoms with Crippen LogP contribution in [0.15, 0.2) is 211 Å². The van der Waals surface area contributed by atoms with Crippen LogP contribution >= 0.6 is 0 Å². The van der Waals surface area contributed by atoms with Crippen LogP contribution in [-0.4, -0.2) is 9.13 Å². The number of nitrogens with zero attached hydrogens (tertiary/aromatic N) is 2. The summed E-state index contributed by atoms with van der Waals surface area (Å²) in [6.07, 6.45) is 0. The molecule has 0 N–H and O–H groups in total. The van der Waals surface area contributed by atoms with Crippen molar-refractivity contribution in [3.63, 3.8) is 0 Å². The Morgan fingerprint density at radius 1 is 0.281 bits per heavy atom. The van der Waals surface area contributed by atoms with E-state index in [1.807, 2.05) is 12.1 Å². The molecule has 12 aromatic rings. The van der Waals surface area contributed by atoms with Gasteiger partial charge in [-0.1, -0.05) is 140 Å². The minimum absolute atomic E-state index is 0.886. The zero-order chi connectivity index (χ0) is 37.5. The van der Waals surface area contributed by atoms with Crippen LogP contribution in [0.2, 0.25) is 0 Å². The van der Waals surface area contributed by atoms with Gasteiger partial charge in [-0.15, -0.1) is 0 Å². The molecule has 12 rings (SSSR count). The van der Waals surface area contributed by atoms with Crippen LogP contribution in [0.25, 0.3) is 110 Å². The Labute approximate surface area is 328 Å². The third-order valence-electron chi connectivity index (χ3n) is 11.7. The van der Waals surface area contributed by atoms with Gasteiger partial charge in [0.2, 0.25) is 0 Å². The second-order valence-electron chi connectivity index (χ2n) is 14.9. The minimum Gasteiger partial charge on any atom is -0.456 e. The molecule has 0 bridgehead atoms. The molecule has 57 heavy (non-hydrogen) atoms. The number of fused-ring (bicyclic) bond motifs is 9. The molecule has 0 aliphatic heterocycles. The fourth-order valence-electron chi connectivity index (χ4n) is 9.11. The highest BCUT2D eigenvalue weighted by atomic mass is 16.3. The van der Waals surface area contributed by atoms with Crippen LogP contribution in [0.1, 0.15) is 0 Å². The summed E-state index contributed by atoms with van der Waals surface area (Å²) in [5.74, 6) is 0. The van der Waals surface area contributed by atoms with Gasteiger partial charge in [-0.05, 0) is 88.5 Å². The highest BCUT2D eigenvalue weighted by molar-refractivity contribution is 6.16. The molecule has 0 aliphatic rings. The molecular formula is C54H34N2O. The second kappa shape index (κ2) is 12.5. The normalized spacial score (nSPS) is 11.9. The summed E-state index contributed by atoms with van der Waals surface area (Å²) in [5, 5.41) is 7.17. The fourth-order valence-corrected chi connectivity index (χ4v) is 9.11. The standard InChI is InChI=1S/C54H34N2O/c1-3-13-35(14-4-1)37-17-11-18-40(31-37)55-49-23-9-7-19-43(49)47-32-38(25-29-50(47)55)39-26-30-51-48(33-39)46-22-12-21-42(36-15-5-2-6-16-36)54(46)56(51)41-27-28-45-44-20-8-10-24-52(44)57-53(45)34-41/h1-34H. The van der Waals surface area contributed by atoms with Gasteiger partial charge in [-0.3, -0.25) is 0 Å². The van der Waals surface area contributed by atoms with Crippen molar-refractivity contribution in [1.82, 2.24) is 9.13 Å². The van der Waals surface area contributed by atoms with E-state index < -0.39 is 0 Å². The molecule has 0 unspecified atom stereocenters. The highest BCUT2D eigenvalue weighted by Crippen LogP contribution is 2.42. The van der Waals surface area contributed by atoms with Gasteiger partial charge in [0.05, 0.1) is 22.1 Å². The van der Waals surface area contributed by atoms with Crippen LogP contribution in [0.5, 0.6) is 0 Å². The van der Waals surface area contributed by atoms with Gasteiger partial charge >= 0.3 is 0 Å². The zero-order valence-electron chi connectivity index (χ0n) is 30.9. The molecule has 0 saturated carbocycles. The Bertz CT molecular complexity index is 3510. The topological polar surface area (TPSA) is 23.0 Å². The van der Waals surface area contributed by atoms with Gasteiger partial charge in [0.1, 0.15) is 11.2 Å². The molecule has 0 spiro atoms. The molecule has 3 aromatic heterocycles. The Morgan fingerprint density at radius 2 is 0.842 bits per heavy atom. The van der Waals surface area contributed by atoms with Crippen LogP contribution < -0.4 is 0 Å². The molecule has 0 amide bonds. The van der Waals surface area contributed by atoms with E-state index in [0.29, 0.717) is 0 Å². The van der Waals surface area contributed by atoms with Crippen LogP contribution in [0.4, 0.5) is 0 Å². The molecule has 0 atom stereocenters. The maximum atomic E-state index is 6.41. The fraction of sp³-hybridized carbons (Fsp3) is 0. The van der Waals surface area contributed by atoms with Gasteiger partial charge in [0.25, 0.3) is 0 Å². The largest absolute Gasteiger partial charge is 0.456 e. The van der Waals surface area contributed by atoms with E-state index in [4.69, 9.17) is 4.42 Å². The van der Waals surface area contributed by atoms with Gasteiger partial charge in [0.15, 0.2) is 0 Å². The van der Waals surface area contributed by atoms with E-state index in [1.165, 1.54) is 71.5 Å². The molecule has 3 nitrogen and oxygen atoms in total. The average Bonchev–Trinajstić information content (AvgIpc) is 3.94. The quantitative estimate of drug-likeness (QED) is 0.173. The van der Waals surface area contributed by atoms with Crippen molar-refractivity contribution in [1.29, 1.82) is 0 Å². The molecule has 0 fully saturated rings. The van der Waals surface area contributed by atoms with Crippen LogP contribution in [0, 0.1) is 0 Å². The van der Waals surface area contributed by atoms with Crippen LogP contribution in [0.3, 0.4) is 0 Å². The lowest BCUT2D eigenvalue weighted by molar-refractivity contribution is 0.668. The van der Waals surface area contributed by atoms with Crippen molar-refractivity contribution in [2.75, 3.05) is 0 Å². The first kappa shape index (κ1) is 31.7. The van der Waals surface area contributed by atoms with Gasteiger partial charge in [-0.25, -0.2) is 0 Å². The molecular weight excluding hydrogens is 693 g/mol. The molecule has 3 heterocycles. The molecule has 9 aromatic carbocycles. The first-order chi connectivity index (χ1) is 28.3. The SMILES string of the molecule is c1ccc(-c2cccc(-n3c4ccccc4c4cc(-c5ccc6c(c5)c5cccc(-c7ccccc7)c5n6-c5ccc6c(c5)oc5ccccc56)ccc43)c2)cc1. The lowest BCUT2D eigenvalue weighted by atomic mass is 9.99. The number of para-hydroxylation sites is 3. The van der Waals surface area contributed by atoms with Crippen molar-refractivity contribution in [3.05, 3.63) is 206 Å². The van der Waals surface area contributed by atoms with E-state index in [9.17, 15) is 0 Å². The molecule has 3 heteroatoms. The van der Waals surface area contributed by atoms with Crippen molar-refractivity contribution in [3.8, 4) is 44.8 Å². The minimum atomic E-state index is 0.886. The summed E-state index contributed by atoms with van der Waals surface area (Å²) >= 11 is 0. The highest BCUT2D eigenvalue weighted by Gasteiger charge is 2.20. The maximum Gasteiger partial charge on any atom is 0.137 e. The number of furan rings is 1. The van der Waals surface area contributed by atoms with E-state index in [-0.39, 0.29) is 0 Å². The Balaban J connectivity index is 1.06. The summed E-state index contributed by atoms with van der Waals surface area (Å²) in [5.41, 5.74) is 15.9. The van der Waals surface area contributed by atoms with Crippen LogP contribution in [-0.2, 0) is 0 Å².